The SMILES string of the molecule is CCCCCCCCCCC=CCc1c[nH]c(C(=O)OC)c1. The minimum Gasteiger partial charge on any atom is -0.464 e. The van der Waals surface area contributed by atoms with Crippen LogP contribution in [0.5, 0.6) is 0 Å². The predicted octanol–water partition coefficient (Wildman–Crippen LogP) is 5.43. The van der Waals surface area contributed by atoms with Crippen molar-refractivity contribution in [2.75, 3.05) is 7.11 Å². The van der Waals surface area contributed by atoms with Crippen molar-refractivity contribution in [2.24, 2.45) is 0 Å². The molecule has 1 N–H and O–H groups in total. The highest BCUT2D eigenvalue weighted by molar-refractivity contribution is 5.87. The van der Waals surface area contributed by atoms with Crippen molar-refractivity contribution in [1.82, 2.24) is 4.98 Å². The van der Waals surface area contributed by atoms with E-state index in [0.29, 0.717) is 5.69 Å². The van der Waals surface area contributed by atoms with Crippen LogP contribution in [0, 0.1) is 0 Å². The number of esters is 1. The fourth-order valence-electron chi connectivity index (χ4n) is 2.52. The molecular formula is C19H31NO2. The van der Waals surface area contributed by atoms with Gasteiger partial charge in [-0.1, -0.05) is 64.0 Å². The summed E-state index contributed by atoms with van der Waals surface area (Å²) in [5.74, 6) is -0.311. The van der Waals surface area contributed by atoms with Crippen molar-refractivity contribution in [3.05, 3.63) is 35.7 Å². The second-order valence-electron chi connectivity index (χ2n) is 5.85. The summed E-state index contributed by atoms with van der Waals surface area (Å²) in [7, 11) is 1.40. The van der Waals surface area contributed by atoms with Crippen LogP contribution in [0.25, 0.3) is 0 Å². The molecule has 0 aliphatic carbocycles. The number of methoxy groups -OCH3 is 1. The van der Waals surface area contributed by atoms with Crippen molar-refractivity contribution < 1.29 is 9.53 Å². The van der Waals surface area contributed by atoms with Crippen LogP contribution in [0.3, 0.4) is 0 Å². The van der Waals surface area contributed by atoms with Crippen LogP contribution in [-0.2, 0) is 11.2 Å². The lowest BCUT2D eigenvalue weighted by atomic mass is 10.1. The largest absolute Gasteiger partial charge is 0.464 e. The van der Waals surface area contributed by atoms with Crippen molar-refractivity contribution in [3.63, 3.8) is 0 Å². The zero-order valence-corrected chi connectivity index (χ0v) is 14.2. The van der Waals surface area contributed by atoms with Crippen LogP contribution in [0.15, 0.2) is 24.4 Å². The van der Waals surface area contributed by atoms with E-state index in [9.17, 15) is 4.79 Å². The highest BCUT2D eigenvalue weighted by atomic mass is 16.5. The average molecular weight is 305 g/mol. The number of hydrogen-bond donors (Lipinski definition) is 1. The Hall–Kier alpha value is -1.51. The van der Waals surface area contributed by atoms with Gasteiger partial charge in [0.2, 0.25) is 0 Å². The Morgan fingerprint density at radius 2 is 1.77 bits per heavy atom. The fourth-order valence-corrected chi connectivity index (χ4v) is 2.52. The van der Waals surface area contributed by atoms with Gasteiger partial charge in [-0.15, -0.1) is 0 Å². The van der Waals surface area contributed by atoms with Crippen LogP contribution in [-0.4, -0.2) is 18.1 Å². The first-order valence-electron chi connectivity index (χ1n) is 8.68. The van der Waals surface area contributed by atoms with Crippen LogP contribution in [0.1, 0.15) is 80.8 Å². The number of allylic oxidation sites excluding steroid dienone is 2. The van der Waals surface area contributed by atoms with E-state index >= 15 is 0 Å². The number of ether oxygens (including phenoxy) is 1. The minimum atomic E-state index is -0.311. The first-order valence-corrected chi connectivity index (χ1v) is 8.68. The molecule has 0 fully saturated rings. The normalized spacial score (nSPS) is 11.2. The number of nitrogens with one attached hydrogen (secondary N) is 1. The van der Waals surface area contributed by atoms with Gasteiger partial charge in [0.15, 0.2) is 0 Å². The van der Waals surface area contributed by atoms with E-state index in [0.717, 1.165) is 18.4 Å². The molecular weight excluding hydrogens is 274 g/mol. The highest BCUT2D eigenvalue weighted by Gasteiger charge is 2.06. The molecule has 0 aromatic carbocycles. The summed E-state index contributed by atoms with van der Waals surface area (Å²) in [6, 6.07) is 1.85. The van der Waals surface area contributed by atoms with E-state index < -0.39 is 0 Å². The molecule has 124 valence electrons. The Morgan fingerprint density at radius 1 is 1.09 bits per heavy atom. The summed E-state index contributed by atoms with van der Waals surface area (Å²) in [6.07, 6.45) is 19.2. The Labute approximate surface area is 135 Å². The van der Waals surface area contributed by atoms with E-state index in [1.165, 1.54) is 58.5 Å². The van der Waals surface area contributed by atoms with E-state index in [1.54, 1.807) is 0 Å². The zero-order chi connectivity index (χ0) is 16.0. The van der Waals surface area contributed by atoms with Crippen molar-refractivity contribution in [3.8, 4) is 0 Å². The standard InChI is InChI=1S/C19H31NO2/c1-3-4-5-6-7-8-9-10-11-12-13-14-17-15-18(20-16-17)19(21)22-2/h12-13,15-16,20H,3-11,14H2,1-2H3. The topological polar surface area (TPSA) is 42.1 Å². The summed E-state index contributed by atoms with van der Waals surface area (Å²) in [4.78, 5) is 14.3. The molecule has 1 rings (SSSR count). The Bertz CT molecular complexity index is 434. The third-order valence-electron chi connectivity index (χ3n) is 3.89. The smallest absolute Gasteiger partial charge is 0.354 e. The van der Waals surface area contributed by atoms with Gasteiger partial charge < -0.3 is 9.72 Å². The molecule has 22 heavy (non-hydrogen) atoms. The third kappa shape index (κ3) is 8.06. The Balaban J connectivity index is 2.02. The molecule has 0 aliphatic rings. The van der Waals surface area contributed by atoms with Gasteiger partial charge in [-0.2, -0.15) is 0 Å². The average Bonchev–Trinajstić information content (AvgIpc) is 3.00. The third-order valence-corrected chi connectivity index (χ3v) is 3.89. The summed E-state index contributed by atoms with van der Waals surface area (Å²) in [5.41, 5.74) is 1.64. The number of carbonyl (C=O) groups is 1. The first kappa shape index (κ1) is 18.5. The lowest BCUT2D eigenvalue weighted by Gasteiger charge is -1.99. The maximum Gasteiger partial charge on any atom is 0.354 e. The monoisotopic (exact) mass is 305 g/mol. The second-order valence-corrected chi connectivity index (χ2v) is 5.85. The number of unbranched alkanes of at least 4 members (excludes halogenated alkanes) is 8. The van der Waals surface area contributed by atoms with Crippen molar-refractivity contribution in [2.45, 2.75) is 71.1 Å². The molecule has 3 heteroatoms. The highest BCUT2D eigenvalue weighted by Crippen LogP contribution is 2.10. The summed E-state index contributed by atoms with van der Waals surface area (Å²) >= 11 is 0. The van der Waals surface area contributed by atoms with Crippen LogP contribution in [0.2, 0.25) is 0 Å². The maximum atomic E-state index is 11.3. The molecule has 1 aromatic rings. The molecule has 0 unspecified atom stereocenters. The quantitative estimate of drug-likeness (QED) is 0.318. The maximum absolute atomic E-state index is 11.3. The van der Waals surface area contributed by atoms with E-state index in [1.807, 2.05) is 12.3 Å². The van der Waals surface area contributed by atoms with Crippen molar-refractivity contribution >= 4 is 5.97 Å². The van der Waals surface area contributed by atoms with Gasteiger partial charge in [0.25, 0.3) is 0 Å². The number of hydrogen-bond acceptors (Lipinski definition) is 2. The molecule has 0 bridgehead atoms. The molecule has 1 aromatic heterocycles. The van der Waals surface area contributed by atoms with Crippen molar-refractivity contribution in [1.29, 1.82) is 0 Å². The summed E-state index contributed by atoms with van der Waals surface area (Å²) in [6.45, 7) is 2.26. The van der Waals surface area contributed by atoms with Gasteiger partial charge in [0.05, 0.1) is 7.11 Å². The minimum absolute atomic E-state index is 0.311. The van der Waals surface area contributed by atoms with Crippen LogP contribution >= 0.6 is 0 Å². The zero-order valence-electron chi connectivity index (χ0n) is 14.2. The van der Waals surface area contributed by atoms with E-state index in [-0.39, 0.29) is 5.97 Å². The first-order chi connectivity index (χ1) is 10.8. The van der Waals surface area contributed by atoms with Crippen LogP contribution < -0.4 is 0 Å². The molecule has 3 nitrogen and oxygen atoms in total. The Kier molecular flexibility index (Phi) is 10.2. The number of rotatable bonds is 12. The Morgan fingerprint density at radius 3 is 2.45 bits per heavy atom. The molecule has 0 aliphatic heterocycles. The lowest BCUT2D eigenvalue weighted by molar-refractivity contribution is 0.0595. The number of aromatic amines is 1. The van der Waals surface area contributed by atoms with E-state index in [2.05, 4.69) is 28.8 Å². The van der Waals surface area contributed by atoms with Gasteiger partial charge in [-0.25, -0.2) is 4.79 Å². The van der Waals surface area contributed by atoms with Gasteiger partial charge in [0, 0.05) is 6.20 Å². The fraction of sp³-hybridized carbons (Fsp3) is 0.632. The second kappa shape index (κ2) is 12.1. The molecule has 0 atom stereocenters. The molecule has 1 heterocycles. The lowest BCUT2D eigenvalue weighted by Crippen LogP contribution is -2.00. The van der Waals surface area contributed by atoms with Gasteiger partial charge >= 0.3 is 5.97 Å². The number of aromatic nitrogens is 1. The molecule has 0 saturated carbocycles. The number of H-pyrrole nitrogens is 1. The number of carbonyl (C=O) groups excluding carboxylic acids is 1. The molecule has 0 radical (unpaired) electrons. The molecule has 0 spiro atoms. The van der Waals surface area contributed by atoms with Crippen LogP contribution in [0.4, 0.5) is 0 Å². The summed E-state index contributed by atoms with van der Waals surface area (Å²) < 4.78 is 4.67. The predicted molar refractivity (Wildman–Crippen MR) is 92.2 cm³/mol. The molecule has 0 saturated heterocycles. The summed E-state index contributed by atoms with van der Waals surface area (Å²) in [5, 5.41) is 0. The van der Waals surface area contributed by atoms with Gasteiger partial charge in [-0.05, 0) is 30.9 Å². The van der Waals surface area contributed by atoms with Gasteiger partial charge in [0.1, 0.15) is 5.69 Å². The van der Waals surface area contributed by atoms with E-state index in [4.69, 9.17) is 0 Å². The molecule has 0 amide bonds. The van der Waals surface area contributed by atoms with Gasteiger partial charge in [-0.3, -0.25) is 0 Å².